The van der Waals surface area contributed by atoms with Crippen molar-refractivity contribution in [2.45, 2.75) is 0 Å². The lowest BCUT2D eigenvalue weighted by Gasteiger charge is -1.73. The Bertz CT molecular complexity index is 142. The van der Waals surface area contributed by atoms with Crippen LogP contribution < -0.4 is 0 Å². The summed E-state index contributed by atoms with van der Waals surface area (Å²) in [6, 6.07) is 0. The fourth-order valence-electron chi connectivity index (χ4n) is 0.266. The molecule has 0 bridgehead atoms. The summed E-state index contributed by atoms with van der Waals surface area (Å²) in [6.07, 6.45) is 0. The van der Waals surface area contributed by atoms with Gasteiger partial charge in [0.2, 0.25) is 0 Å². The van der Waals surface area contributed by atoms with Gasteiger partial charge in [-0.25, -0.2) is 0 Å². The van der Waals surface area contributed by atoms with Crippen LogP contribution in [0.25, 0.3) is 0 Å². The van der Waals surface area contributed by atoms with Crippen LogP contribution in [-0.4, -0.2) is 0 Å². The quantitative estimate of drug-likeness (QED) is 0.537. The Hall–Kier alpha value is 0.280. The third-order valence-corrected chi connectivity index (χ3v) is 2.30. The van der Waals surface area contributed by atoms with E-state index in [4.69, 9.17) is 23.2 Å². The van der Waals surface area contributed by atoms with Gasteiger partial charge in [-0.05, 0) is 0 Å². The molecule has 38 valence electrons. The Morgan fingerprint density at radius 2 is 1.57 bits per heavy atom. The maximum atomic E-state index is 5.50. The summed E-state index contributed by atoms with van der Waals surface area (Å²) in [6.45, 7) is 0. The summed E-state index contributed by atoms with van der Waals surface area (Å²) in [7, 11) is 0. The van der Waals surface area contributed by atoms with Gasteiger partial charge < -0.3 is 0 Å². The topological polar surface area (TPSA) is 0 Å². The molecule has 0 aliphatic heterocycles. The highest BCUT2D eigenvalue weighted by atomic mass is 35.5. The molecule has 1 rings (SSSR count). The Kier molecular flexibility index (Phi) is 1.57. The normalized spacial score (nSPS) is 9.43. The van der Waals surface area contributed by atoms with Crippen LogP contribution in [0.15, 0.2) is 10.8 Å². The third kappa shape index (κ3) is 1.09. The maximum Gasteiger partial charge on any atom is 0.0699 e. The number of hydrogen-bond acceptors (Lipinski definition) is 1. The van der Waals surface area contributed by atoms with E-state index in [9.17, 15) is 0 Å². The predicted molar refractivity (Wildman–Crippen MR) is 34.3 cm³/mol. The highest BCUT2D eigenvalue weighted by molar-refractivity contribution is 7.09. The van der Waals surface area contributed by atoms with Crippen molar-refractivity contribution in [1.82, 2.24) is 0 Å². The fraction of sp³-hybridized carbons (Fsp3) is 0. The highest BCUT2D eigenvalue weighted by Gasteiger charge is 1.92. The minimum absolute atomic E-state index is 0.645. The van der Waals surface area contributed by atoms with Crippen LogP contribution in [0.2, 0.25) is 10.0 Å². The number of rotatable bonds is 0. The molecule has 0 aliphatic carbocycles. The molecular formula is C4H2Cl2S. The summed E-state index contributed by atoms with van der Waals surface area (Å²) >= 11 is 12.5. The molecule has 0 aromatic carbocycles. The van der Waals surface area contributed by atoms with Gasteiger partial charge in [0, 0.05) is 10.8 Å². The van der Waals surface area contributed by atoms with Gasteiger partial charge in [-0.3, -0.25) is 0 Å². The zero-order chi connectivity index (χ0) is 5.28. The first-order valence-corrected chi connectivity index (χ1v) is 3.38. The molecule has 7 heavy (non-hydrogen) atoms. The predicted octanol–water partition coefficient (Wildman–Crippen LogP) is 3.05. The maximum absolute atomic E-state index is 5.50. The van der Waals surface area contributed by atoms with Gasteiger partial charge in [0.15, 0.2) is 0 Å². The minimum atomic E-state index is 0.645. The van der Waals surface area contributed by atoms with Crippen molar-refractivity contribution in [3.63, 3.8) is 0 Å². The van der Waals surface area contributed by atoms with E-state index in [-0.39, 0.29) is 0 Å². The molecule has 0 atom stereocenters. The molecule has 1 aromatic rings. The van der Waals surface area contributed by atoms with Crippen LogP contribution in [0, 0.1) is 0 Å². The smallest absolute Gasteiger partial charge is 0.0699 e. The summed E-state index contributed by atoms with van der Waals surface area (Å²) in [5, 5.41) is 4.88. The lowest BCUT2D eigenvalue weighted by Crippen LogP contribution is -1.45. The van der Waals surface area contributed by atoms with E-state index in [2.05, 4.69) is 0 Å². The number of thiophene rings is 1. The Morgan fingerprint density at radius 3 is 1.71 bits per heavy atom. The van der Waals surface area contributed by atoms with Crippen LogP contribution in [0.3, 0.4) is 0 Å². The lowest BCUT2D eigenvalue weighted by atomic mass is 10.7. The molecule has 0 amide bonds. The zero-order valence-electron chi connectivity index (χ0n) is 3.32. The van der Waals surface area contributed by atoms with Crippen molar-refractivity contribution in [2.24, 2.45) is 0 Å². The van der Waals surface area contributed by atoms with E-state index in [1.807, 2.05) is 0 Å². The molecule has 0 fully saturated rings. The first-order chi connectivity index (χ1) is 3.30. The molecule has 0 radical (unpaired) electrons. The number of halogens is 2. The van der Waals surface area contributed by atoms with Gasteiger partial charge in [0.1, 0.15) is 0 Å². The molecular weight excluding hydrogens is 151 g/mol. The van der Waals surface area contributed by atoms with E-state index in [0.717, 1.165) is 0 Å². The van der Waals surface area contributed by atoms with Crippen LogP contribution in [0.5, 0.6) is 0 Å². The van der Waals surface area contributed by atoms with Crippen molar-refractivity contribution in [3.8, 4) is 0 Å². The van der Waals surface area contributed by atoms with E-state index in [1.54, 1.807) is 10.8 Å². The van der Waals surface area contributed by atoms with Gasteiger partial charge in [0.05, 0.1) is 10.0 Å². The number of hydrogen-bond donors (Lipinski definition) is 0. The van der Waals surface area contributed by atoms with Gasteiger partial charge in [-0.1, -0.05) is 23.2 Å². The SMILES string of the molecule is Clc1cscc1Cl. The van der Waals surface area contributed by atoms with Crippen molar-refractivity contribution in [2.75, 3.05) is 0 Å². The molecule has 0 nitrogen and oxygen atoms in total. The molecule has 3 heteroatoms. The zero-order valence-corrected chi connectivity index (χ0v) is 5.65. The van der Waals surface area contributed by atoms with Crippen molar-refractivity contribution < 1.29 is 0 Å². The summed E-state index contributed by atoms with van der Waals surface area (Å²) < 4.78 is 0. The average Bonchev–Trinajstić information content (AvgIpc) is 1.91. The molecule has 0 unspecified atom stereocenters. The molecule has 0 spiro atoms. The Labute approximate surface area is 55.7 Å². The van der Waals surface area contributed by atoms with Gasteiger partial charge in [0.25, 0.3) is 0 Å². The van der Waals surface area contributed by atoms with Crippen LogP contribution in [-0.2, 0) is 0 Å². The van der Waals surface area contributed by atoms with Crippen molar-refractivity contribution in [1.29, 1.82) is 0 Å². The Morgan fingerprint density at radius 1 is 1.14 bits per heavy atom. The van der Waals surface area contributed by atoms with Crippen molar-refractivity contribution >= 4 is 34.5 Å². The largest absolute Gasteiger partial charge is 0.149 e. The third-order valence-electron chi connectivity index (χ3n) is 0.571. The van der Waals surface area contributed by atoms with Crippen LogP contribution in [0.4, 0.5) is 0 Å². The fourth-order valence-corrected chi connectivity index (χ4v) is 1.37. The molecule has 0 N–H and O–H groups in total. The molecule has 0 aliphatic rings. The minimum Gasteiger partial charge on any atom is -0.149 e. The van der Waals surface area contributed by atoms with Crippen LogP contribution >= 0.6 is 34.5 Å². The summed E-state index contributed by atoms with van der Waals surface area (Å²) in [5.74, 6) is 0. The Balaban J connectivity index is 3.12. The molecule has 0 saturated heterocycles. The van der Waals surface area contributed by atoms with E-state index in [1.165, 1.54) is 11.3 Å². The van der Waals surface area contributed by atoms with E-state index in [0.29, 0.717) is 10.0 Å². The molecule has 1 heterocycles. The highest BCUT2D eigenvalue weighted by Crippen LogP contribution is 2.24. The summed E-state index contributed by atoms with van der Waals surface area (Å²) in [4.78, 5) is 0. The van der Waals surface area contributed by atoms with Gasteiger partial charge in [-0.15, -0.1) is 11.3 Å². The standard InChI is InChI=1S/C4H2Cl2S/c5-3-1-7-2-4(3)6/h1-2H. The van der Waals surface area contributed by atoms with E-state index < -0.39 is 0 Å². The molecule has 0 saturated carbocycles. The van der Waals surface area contributed by atoms with Crippen molar-refractivity contribution in [3.05, 3.63) is 20.8 Å². The second kappa shape index (κ2) is 2.03. The first kappa shape index (κ1) is 5.42. The second-order valence-corrected chi connectivity index (χ2v) is 2.63. The lowest BCUT2D eigenvalue weighted by molar-refractivity contribution is 2.00. The van der Waals surface area contributed by atoms with Crippen LogP contribution in [0.1, 0.15) is 0 Å². The monoisotopic (exact) mass is 152 g/mol. The average molecular weight is 153 g/mol. The van der Waals surface area contributed by atoms with Gasteiger partial charge in [-0.2, -0.15) is 0 Å². The van der Waals surface area contributed by atoms with Gasteiger partial charge >= 0.3 is 0 Å². The first-order valence-electron chi connectivity index (χ1n) is 1.68. The second-order valence-electron chi connectivity index (χ2n) is 1.07. The molecule has 1 aromatic heterocycles. The summed E-state index contributed by atoms with van der Waals surface area (Å²) in [5.41, 5.74) is 0. The van der Waals surface area contributed by atoms with E-state index >= 15 is 0 Å².